The zero-order chi connectivity index (χ0) is 22.7. The number of amides is 4. The van der Waals surface area contributed by atoms with E-state index in [0.29, 0.717) is 6.42 Å². The van der Waals surface area contributed by atoms with Gasteiger partial charge in [0.1, 0.15) is 12.1 Å². The number of carboxylic acid groups (broad SMARTS) is 2. The van der Waals surface area contributed by atoms with Crippen molar-refractivity contribution in [2.75, 3.05) is 6.54 Å². The van der Waals surface area contributed by atoms with Gasteiger partial charge in [0, 0.05) is 0 Å². The van der Waals surface area contributed by atoms with Gasteiger partial charge < -0.3 is 37.6 Å². The molecule has 0 aromatic rings. The van der Waals surface area contributed by atoms with Crippen molar-refractivity contribution in [2.45, 2.75) is 51.2 Å². The zero-order valence-electron chi connectivity index (χ0n) is 16.1. The summed E-state index contributed by atoms with van der Waals surface area (Å²) in [6.07, 6.45) is -0.767. The molecule has 0 fully saturated rings. The molecule has 9 N–H and O–H groups in total. The molecule has 0 saturated carbocycles. The lowest BCUT2D eigenvalue weighted by atomic mass is 9.97. The lowest BCUT2D eigenvalue weighted by molar-refractivity contribution is -0.147. The van der Waals surface area contributed by atoms with Gasteiger partial charge in [0.05, 0.1) is 25.4 Å². The first-order valence-corrected chi connectivity index (χ1v) is 8.74. The highest BCUT2D eigenvalue weighted by Crippen LogP contribution is 2.08. The van der Waals surface area contributed by atoms with Gasteiger partial charge in [-0.3, -0.25) is 24.0 Å². The largest absolute Gasteiger partial charge is 0.481 e. The smallest absolute Gasteiger partial charge is 0.326 e. The predicted molar refractivity (Wildman–Crippen MR) is 98.0 cm³/mol. The molecule has 29 heavy (non-hydrogen) atoms. The van der Waals surface area contributed by atoms with Crippen molar-refractivity contribution >= 4 is 35.6 Å². The Labute approximate surface area is 166 Å². The number of hydrogen-bond donors (Lipinski definition) is 7. The highest BCUT2D eigenvalue weighted by atomic mass is 16.4. The van der Waals surface area contributed by atoms with Crippen molar-refractivity contribution < 1.29 is 39.0 Å². The molecule has 0 bridgehead atoms. The van der Waals surface area contributed by atoms with Crippen LogP contribution in [0.5, 0.6) is 0 Å². The molecule has 13 nitrogen and oxygen atoms in total. The van der Waals surface area contributed by atoms with E-state index in [4.69, 9.17) is 21.7 Å². The van der Waals surface area contributed by atoms with E-state index < -0.39 is 73.1 Å². The van der Waals surface area contributed by atoms with Crippen molar-refractivity contribution in [3.63, 3.8) is 0 Å². The first-order chi connectivity index (χ1) is 13.4. The fourth-order valence-electron chi connectivity index (χ4n) is 2.17. The number of primary amides is 1. The number of nitrogens with one attached hydrogen (secondary N) is 3. The van der Waals surface area contributed by atoms with Crippen LogP contribution in [0.15, 0.2) is 0 Å². The summed E-state index contributed by atoms with van der Waals surface area (Å²) < 4.78 is 0. The van der Waals surface area contributed by atoms with Gasteiger partial charge >= 0.3 is 11.9 Å². The Morgan fingerprint density at radius 3 is 2.00 bits per heavy atom. The van der Waals surface area contributed by atoms with E-state index in [-0.39, 0.29) is 5.92 Å². The Hall–Kier alpha value is -3.22. The molecule has 13 heteroatoms. The van der Waals surface area contributed by atoms with Crippen LogP contribution in [0.1, 0.15) is 33.1 Å². The highest BCUT2D eigenvalue weighted by Gasteiger charge is 2.29. The molecule has 0 saturated heterocycles. The van der Waals surface area contributed by atoms with Crippen molar-refractivity contribution in [3.8, 4) is 0 Å². The van der Waals surface area contributed by atoms with Crippen LogP contribution >= 0.6 is 0 Å². The first kappa shape index (κ1) is 25.8. The van der Waals surface area contributed by atoms with E-state index in [1.165, 1.54) is 0 Å². The Morgan fingerprint density at radius 2 is 1.55 bits per heavy atom. The normalized spacial score (nSPS) is 14.6. The average Bonchev–Trinajstić information content (AvgIpc) is 2.61. The van der Waals surface area contributed by atoms with Crippen molar-refractivity contribution in [3.05, 3.63) is 0 Å². The molecule has 0 aromatic heterocycles. The number of rotatable bonds is 13. The molecule has 0 spiro atoms. The van der Waals surface area contributed by atoms with Crippen molar-refractivity contribution in [1.82, 2.24) is 16.0 Å². The lowest BCUT2D eigenvalue weighted by Crippen LogP contribution is -2.56. The third-order valence-corrected chi connectivity index (χ3v) is 3.99. The molecule has 0 radical (unpaired) electrons. The topological polar surface area (TPSA) is 231 Å². The number of carbonyl (C=O) groups is 6. The minimum absolute atomic E-state index is 0.360. The Balaban J connectivity index is 4.92. The molecule has 0 aliphatic heterocycles. The van der Waals surface area contributed by atoms with Crippen LogP contribution in [0.25, 0.3) is 0 Å². The maximum absolute atomic E-state index is 12.4. The molecule has 0 rings (SSSR count). The summed E-state index contributed by atoms with van der Waals surface area (Å²) in [4.78, 5) is 68.7. The van der Waals surface area contributed by atoms with E-state index in [1.807, 2.05) is 5.32 Å². The van der Waals surface area contributed by atoms with E-state index >= 15 is 0 Å². The van der Waals surface area contributed by atoms with Gasteiger partial charge in [0.2, 0.25) is 23.6 Å². The Bertz CT molecular complexity index is 653. The highest BCUT2D eigenvalue weighted by molar-refractivity contribution is 5.94. The van der Waals surface area contributed by atoms with Crippen LogP contribution in [-0.2, 0) is 28.8 Å². The maximum Gasteiger partial charge on any atom is 0.326 e. The number of carboxylic acids is 2. The first-order valence-electron chi connectivity index (χ1n) is 8.74. The third-order valence-electron chi connectivity index (χ3n) is 3.99. The van der Waals surface area contributed by atoms with Gasteiger partial charge in [0.25, 0.3) is 0 Å². The van der Waals surface area contributed by atoms with Crippen LogP contribution in [0.4, 0.5) is 0 Å². The van der Waals surface area contributed by atoms with Crippen LogP contribution in [0.3, 0.4) is 0 Å². The second-order valence-corrected chi connectivity index (χ2v) is 6.42. The Kier molecular flexibility index (Phi) is 10.9. The number of nitrogens with two attached hydrogens (primary N) is 2. The number of aliphatic carboxylic acids is 2. The lowest BCUT2D eigenvalue weighted by Gasteiger charge is -2.25. The minimum atomic E-state index is -1.66. The quantitative estimate of drug-likeness (QED) is 0.160. The number of carbonyl (C=O) groups excluding carboxylic acids is 4. The summed E-state index contributed by atoms with van der Waals surface area (Å²) in [5.74, 6) is -6.55. The van der Waals surface area contributed by atoms with Crippen LogP contribution in [0, 0.1) is 5.92 Å². The van der Waals surface area contributed by atoms with E-state index in [1.54, 1.807) is 13.8 Å². The van der Waals surface area contributed by atoms with Gasteiger partial charge in [-0.15, -0.1) is 0 Å². The molecule has 0 aromatic carbocycles. The maximum atomic E-state index is 12.4. The summed E-state index contributed by atoms with van der Waals surface area (Å²) in [5.41, 5.74) is 10.5. The van der Waals surface area contributed by atoms with E-state index in [9.17, 15) is 28.8 Å². The molecule has 4 atom stereocenters. The van der Waals surface area contributed by atoms with Gasteiger partial charge in [-0.25, -0.2) is 4.79 Å². The van der Waals surface area contributed by atoms with Crippen LogP contribution in [0.2, 0.25) is 0 Å². The predicted octanol–water partition coefficient (Wildman–Crippen LogP) is -3.12. The third kappa shape index (κ3) is 10.0. The van der Waals surface area contributed by atoms with Gasteiger partial charge in [-0.2, -0.15) is 0 Å². The molecule has 4 unspecified atom stereocenters. The molecule has 0 aliphatic rings. The van der Waals surface area contributed by atoms with Crippen LogP contribution in [-0.4, -0.2) is 70.5 Å². The minimum Gasteiger partial charge on any atom is -0.481 e. The van der Waals surface area contributed by atoms with Crippen molar-refractivity contribution in [2.24, 2.45) is 17.4 Å². The summed E-state index contributed by atoms with van der Waals surface area (Å²) in [5, 5.41) is 24.2. The van der Waals surface area contributed by atoms with E-state index in [0.717, 1.165) is 0 Å². The fraction of sp³-hybridized carbons (Fsp3) is 0.625. The molecular weight excluding hydrogens is 390 g/mol. The summed E-state index contributed by atoms with van der Waals surface area (Å²) >= 11 is 0. The molecule has 0 heterocycles. The fourth-order valence-corrected chi connectivity index (χ4v) is 2.17. The zero-order valence-corrected chi connectivity index (χ0v) is 16.1. The second kappa shape index (κ2) is 12.3. The molecule has 164 valence electrons. The van der Waals surface area contributed by atoms with Gasteiger partial charge in [-0.05, 0) is 5.92 Å². The van der Waals surface area contributed by atoms with Gasteiger partial charge in [-0.1, -0.05) is 20.3 Å². The SMILES string of the molecule is CCC(C)C(NC(=O)C(N)CC(N)=O)C(=O)NCC(=O)NC(CC(=O)O)C(=O)O. The van der Waals surface area contributed by atoms with Crippen LogP contribution < -0.4 is 27.4 Å². The second-order valence-electron chi connectivity index (χ2n) is 6.42. The standard InChI is InChI=1S/C16H27N5O8/c1-3-7(2)13(21-14(26)8(17)4-10(18)22)15(27)19-6-11(23)20-9(16(28)29)5-12(24)25/h7-9,13H,3-6,17H2,1-2H3,(H2,18,22)(H,19,27)(H,20,23)(H,21,26)(H,24,25)(H,28,29). The summed E-state index contributed by atoms with van der Waals surface area (Å²) in [7, 11) is 0. The summed E-state index contributed by atoms with van der Waals surface area (Å²) in [6, 6.07) is -3.98. The van der Waals surface area contributed by atoms with Gasteiger partial charge in [0.15, 0.2) is 0 Å². The van der Waals surface area contributed by atoms with Crippen molar-refractivity contribution in [1.29, 1.82) is 0 Å². The summed E-state index contributed by atoms with van der Waals surface area (Å²) in [6.45, 7) is 2.78. The molecule has 0 aliphatic carbocycles. The Morgan fingerprint density at radius 1 is 0.966 bits per heavy atom. The monoisotopic (exact) mass is 417 g/mol. The van der Waals surface area contributed by atoms with E-state index in [2.05, 4.69) is 10.6 Å². The molecule has 4 amide bonds. The average molecular weight is 417 g/mol. The molecular formula is C16H27N5O8. The number of hydrogen-bond acceptors (Lipinski definition) is 7.